The molecule has 0 unspecified atom stereocenters. The summed E-state index contributed by atoms with van der Waals surface area (Å²) in [4.78, 5) is 11.2. The van der Waals surface area contributed by atoms with Crippen LogP contribution in [0.1, 0.15) is 16.1 Å². The summed E-state index contributed by atoms with van der Waals surface area (Å²) in [5, 5.41) is 3.19. The minimum absolute atomic E-state index is 0.331. The predicted octanol–water partition coefficient (Wildman–Crippen LogP) is 2.68. The molecule has 4 heteroatoms. The number of furan rings is 1. The van der Waals surface area contributed by atoms with Crippen LogP contribution in [0.15, 0.2) is 47.1 Å². The fourth-order valence-electron chi connectivity index (χ4n) is 1.44. The predicted molar refractivity (Wildman–Crippen MR) is 63.8 cm³/mol. The van der Waals surface area contributed by atoms with E-state index in [1.165, 1.54) is 7.11 Å². The third-order valence-electron chi connectivity index (χ3n) is 2.35. The Kier molecular flexibility index (Phi) is 3.45. The summed E-state index contributed by atoms with van der Waals surface area (Å²) < 4.78 is 9.82. The highest BCUT2D eigenvalue weighted by atomic mass is 16.5. The summed E-state index contributed by atoms with van der Waals surface area (Å²) in [6.45, 7) is 0.616. The second-order valence-corrected chi connectivity index (χ2v) is 3.50. The maximum atomic E-state index is 11.2. The zero-order valence-electron chi connectivity index (χ0n) is 9.47. The fourth-order valence-corrected chi connectivity index (χ4v) is 1.44. The SMILES string of the molecule is COC(=O)c1ccc(NCc2ccco2)cc1. The molecule has 0 saturated carbocycles. The first kappa shape index (κ1) is 11.3. The number of anilines is 1. The van der Waals surface area contributed by atoms with Crippen LogP contribution in [0.3, 0.4) is 0 Å². The summed E-state index contributed by atoms with van der Waals surface area (Å²) >= 11 is 0. The Morgan fingerprint density at radius 1 is 1.29 bits per heavy atom. The average Bonchev–Trinajstić information content (AvgIpc) is 2.89. The van der Waals surface area contributed by atoms with E-state index in [0.29, 0.717) is 12.1 Å². The van der Waals surface area contributed by atoms with Crippen LogP contribution in [0.4, 0.5) is 5.69 Å². The van der Waals surface area contributed by atoms with Crippen molar-refractivity contribution in [2.24, 2.45) is 0 Å². The second kappa shape index (κ2) is 5.21. The topological polar surface area (TPSA) is 51.5 Å². The Hall–Kier alpha value is -2.23. The number of nitrogens with one attached hydrogen (secondary N) is 1. The lowest BCUT2D eigenvalue weighted by atomic mass is 10.2. The van der Waals surface area contributed by atoms with E-state index in [1.54, 1.807) is 18.4 Å². The molecule has 17 heavy (non-hydrogen) atoms. The molecule has 0 saturated heterocycles. The summed E-state index contributed by atoms with van der Waals surface area (Å²) in [7, 11) is 1.37. The van der Waals surface area contributed by atoms with Gasteiger partial charge in [-0.3, -0.25) is 0 Å². The van der Waals surface area contributed by atoms with Crippen LogP contribution < -0.4 is 5.32 Å². The monoisotopic (exact) mass is 231 g/mol. The number of esters is 1. The van der Waals surface area contributed by atoms with Gasteiger partial charge in [0.1, 0.15) is 5.76 Å². The van der Waals surface area contributed by atoms with Gasteiger partial charge in [0.05, 0.1) is 25.5 Å². The van der Waals surface area contributed by atoms with Gasteiger partial charge in [0.25, 0.3) is 0 Å². The van der Waals surface area contributed by atoms with E-state index in [0.717, 1.165) is 11.4 Å². The van der Waals surface area contributed by atoms with Crippen LogP contribution in [0, 0.1) is 0 Å². The Labute approximate surface area is 99.2 Å². The van der Waals surface area contributed by atoms with Crippen molar-refractivity contribution < 1.29 is 13.9 Å². The van der Waals surface area contributed by atoms with E-state index in [2.05, 4.69) is 10.1 Å². The highest BCUT2D eigenvalue weighted by molar-refractivity contribution is 5.89. The number of ether oxygens (including phenoxy) is 1. The molecule has 0 amide bonds. The van der Waals surface area contributed by atoms with E-state index < -0.39 is 0 Å². The molecule has 0 aliphatic carbocycles. The summed E-state index contributed by atoms with van der Waals surface area (Å²) in [6, 6.07) is 10.8. The number of hydrogen-bond donors (Lipinski definition) is 1. The fraction of sp³-hybridized carbons (Fsp3) is 0.154. The van der Waals surface area contributed by atoms with E-state index in [4.69, 9.17) is 4.42 Å². The van der Waals surface area contributed by atoms with Crippen LogP contribution in [0.5, 0.6) is 0 Å². The molecule has 4 nitrogen and oxygen atoms in total. The average molecular weight is 231 g/mol. The molecular formula is C13H13NO3. The lowest BCUT2D eigenvalue weighted by Gasteiger charge is -2.05. The third-order valence-corrected chi connectivity index (χ3v) is 2.35. The molecule has 1 aromatic carbocycles. The van der Waals surface area contributed by atoms with E-state index in [-0.39, 0.29) is 5.97 Å². The van der Waals surface area contributed by atoms with Crippen LogP contribution in [0.2, 0.25) is 0 Å². The molecule has 0 bridgehead atoms. The minimum atomic E-state index is -0.331. The van der Waals surface area contributed by atoms with Crippen LogP contribution >= 0.6 is 0 Å². The van der Waals surface area contributed by atoms with Gasteiger partial charge < -0.3 is 14.5 Å². The first-order valence-corrected chi connectivity index (χ1v) is 5.24. The number of rotatable bonds is 4. The minimum Gasteiger partial charge on any atom is -0.467 e. The van der Waals surface area contributed by atoms with Crippen molar-refractivity contribution in [2.75, 3.05) is 12.4 Å². The molecule has 0 aliphatic heterocycles. The van der Waals surface area contributed by atoms with Crippen molar-refractivity contribution in [3.05, 3.63) is 54.0 Å². The van der Waals surface area contributed by atoms with Crippen LogP contribution in [-0.2, 0) is 11.3 Å². The number of methoxy groups -OCH3 is 1. The Bertz CT molecular complexity index is 474. The van der Waals surface area contributed by atoms with Gasteiger partial charge in [-0.15, -0.1) is 0 Å². The molecule has 88 valence electrons. The number of hydrogen-bond acceptors (Lipinski definition) is 4. The standard InChI is InChI=1S/C13H13NO3/c1-16-13(15)10-4-6-11(7-5-10)14-9-12-3-2-8-17-12/h2-8,14H,9H2,1H3. The molecule has 1 N–H and O–H groups in total. The van der Waals surface area contributed by atoms with Gasteiger partial charge in [0.15, 0.2) is 0 Å². The first-order chi connectivity index (χ1) is 8.29. The normalized spacial score (nSPS) is 9.94. The smallest absolute Gasteiger partial charge is 0.337 e. The lowest BCUT2D eigenvalue weighted by molar-refractivity contribution is 0.0601. The largest absolute Gasteiger partial charge is 0.467 e. The van der Waals surface area contributed by atoms with E-state index in [1.807, 2.05) is 24.3 Å². The molecule has 0 aliphatic rings. The first-order valence-electron chi connectivity index (χ1n) is 5.24. The van der Waals surface area contributed by atoms with Crippen molar-refractivity contribution in [1.29, 1.82) is 0 Å². The van der Waals surface area contributed by atoms with Crippen molar-refractivity contribution >= 4 is 11.7 Å². The molecule has 2 aromatic rings. The van der Waals surface area contributed by atoms with Crippen molar-refractivity contribution in [3.8, 4) is 0 Å². The zero-order chi connectivity index (χ0) is 12.1. The molecule has 1 heterocycles. The Balaban J connectivity index is 1.96. The van der Waals surface area contributed by atoms with Crippen molar-refractivity contribution in [1.82, 2.24) is 0 Å². The van der Waals surface area contributed by atoms with Gasteiger partial charge in [-0.2, -0.15) is 0 Å². The molecular weight excluding hydrogens is 218 g/mol. The summed E-state index contributed by atoms with van der Waals surface area (Å²) in [5.74, 6) is 0.532. The van der Waals surface area contributed by atoms with Gasteiger partial charge in [-0.05, 0) is 36.4 Å². The number of benzene rings is 1. The van der Waals surface area contributed by atoms with Gasteiger partial charge in [0, 0.05) is 5.69 Å². The summed E-state index contributed by atoms with van der Waals surface area (Å²) in [6.07, 6.45) is 1.64. The second-order valence-electron chi connectivity index (χ2n) is 3.50. The Morgan fingerprint density at radius 3 is 2.65 bits per heavy atom. The number of carbonyl (C=O) groups is 1. The molecule has 1 aromatic heterocycles. The van der Waals surface area contributed by atoms with Gasteiger partial charge in [0.2, 0.25) is 0 Å². The van der Waals surface area contributed by atoms with Crippen LogP contribution in [0.25, 0.3) is 0 Å². The van der Waals surface area contributed by atoms with Gasteiger partial charge >= 0.3 is 5.97 Å². The quantitative estimate of drug-likeness (QED) is 0.822. The lowest BCUT2D eigenvalue weighted by Crippen LogP contribution is -2.02. The van der Waals surface area contributed by atoms with Crippen molar-refractivity contribution in [3.63, 3.8) is 0 Å². The van der Waals surface area contributed by atoms with Gasteiger partial charge in [-0.25, -0.2) is 4.79 Å². The van der Waals surface area contributed by atoms with Crippen LogP contribution in [-0.4, -0.2) is 13.1 Å². The number of carbonyl (C=O) groups excluding carboxylic acids is 1. The van der Waals surface area contributed by atoms with E-state index in [9.17, 15) is 4.79 Å². The molecule has 0 atom stereocenters. The molecule has 0 radical (unpaired) electrons. The molecule has 0 spiro atoms. The van der Waals surface area contributed by atoms with E-state index >= 15 is 0 Å². The van der Waals surface area contributed by atoms with Crippen molar-refractivity contribution in [2.45, 2.75) is 6.54 Å². The zero-order valence-corrected chi connectivity index (χ0v) is 9.47. The highest BCUT2D eigenvalue weighted by Crippen LogP contribution is 2.12. The molecule has 2 rings (SSSR count). The highest BCUT2D eigenvalue weighted by Gasteiger charge is 2.04. The maximum absolute atomic E-state index is 11.2. The van der Waals surface area contributed by atoms with Gasteiger partial charge in [-0.1, -0.05) is 0 Å². The third kappa shape index (κ3) is 2.87. The summed E-state index contributed by atoms with van der Waals surface area (Å²) in [5.41, 5.74) is 1.46. The Morgan fingerprint density at radius 2 is 2.06 bits per heavy atom. The molecule has 0 fully saturated rings. The maximum Gasteiger partial charge on any atom is 0.337 e.